The third-order valence-electron chi connectivity index (χ3n) is 6.54. The zero-order chi connectivity index (χ0) is 22.0. The molecule has 2 aliphatic rings. The highest BCUT2D eigenvalue weighted by molar-refractivity contribution is 6.32. The molecule has 2 aromatic carbocycles. The van der Waals surface area contributed by atoms with E-state index in [1.165, 1.54) is 12.1 Å². The quantitative estimate of drug-likeness (QED) is 0.668. The van der Waals surface area contributed by atoms with E-state index in [4.69, 9.17) is 16.3 Å². The van der Waals surface area contributed by atoms with Crippen molar-refractivity contribution in [3.63, 3.8) is 0 Å². The standard InChI is InChI=1S/C24H27ClN2O4/c1-31-18-9-6-16(7-10-18)24(12-2-3-13-24)23(30)27-14-4-5-20(27)22(29)26-17-8-11-21(28)19(25)15-17/h6-11,15,20,28H,2-5,12-14H2,1H3,(H,26,29)/t20-/m1/s1. The highest BCUT2D eigenvalue weighted by Crippen LogP contribution is 2.44. The lowest BCUT2D eigenvalue weighted by Crippen LogP contribution is -2.51. The van der Waals surface area contributed by atoms with Crippen molar-refractivity contribution in [1.29, 1.82) is 0 Å². The number of rotatable bonds is 5. The number of likely N-dealkylation sites (tertiary alicyclic amines) is 1. The molecule has 0 radical (unpaired) electrons. The Morgan fingerprint density at radius 3 is 2.48 bits per heavy atom. The average molecular weight is 443 g/mol. The molecule has 4 rings (SSSR count). The number of hydrogen-bond acceptors (Lipinski definition) is 4. The number of amides is 2. The van der Waals surface area contributed by atoms with Gasteiger partial charge in [-0.1, -0.05) is 36.6 Å². The summed E-state index contributed by atoms with van der Waals surface area (Å²) in [6.45, 7) is 0.575. The summed E-state index contributed by atoms with van der Waals surface area (Å²) in [4.78, 5) is 28.6. The van der Waals surface area contributed by atoms with E-state index in [2.05, 4.69) is 5.32 Å². The second-order valence-corrected chi connectivity index (χ2v) is 8.74. The SMILES string of the molecule is COc1ccc(C2(C(=O)N3CCC[C@@H]3C(=O)Nc3ccc(O)c(Cl)c3)CCCC2)cc1. The lowest BCUT2D eigenvalue weighted by atomic mass is 9.77. The molecule has 0 aromatic heterocycles. The fourth-order valence-electron chi connectivity index (χ4n) is 4.88. The maximum Gasteiger partial charge on any atom is 0.247 e. The first-order chi connectivity index (χ1) is 14.9. The van der Waals surface area contributed by atoms with E-state index in [-0.39, 0.29) is 22.6 Å². The lowest BCUT2D eigenvalue weighted by molar-refractivity contribution is -0.141. The number of ether oxygens (including phenoxy) is 1. The van der Waals surface area contributed by atoms with Gasteiger partial charge in [0.15, 0.2) is 0 Å². The van der Waals surface area contributed by atoms with E-state index in [1.54, 1.807) is 18.1 Å². The monoisotopic (exact) mass is 442 g/mol. The molecule has 164 valence electrons. The summed E-state index contributed by atoms with van der Waals surface area (Å²) < 4.78 is 5.27. The van der Waals surface area contributed by atoms with Crippen LogP contribution in [0.4, 0.5) is 5.69 Å². The molecule has 6 nitrogen and oxygen atoms in total. The minimum absolute atomic E-state index is 0.0385. The van der Waals surface area contributed by atoms with Crippen molar-refractivity contribution in [3.05, 3.63) is 53.1 Å². The minimum atomic E-state index is -0.586. The summed E-state index contributed by atoms with van der Waals surface area (Å²) in [5.41, 5.74) is 0.904. The van der Waals surface area contributed by atoms with Crippen molar-refractivity contribution < 1.29 is 19.4 Å². The van der Waals surface area contributed by atoms with Crippen LogP contribution in [0.5, 0.6) is 11.5 Å². The molecule has 0 unspecified atom stereocenters. The topological polar surface area (TPSA) is 78.9 Å². The molecule has 1 atom stereocenters. The van der Waals surface area contributed by atoms with Gasteiger partial charge in [0.05, 0.1) is 17.5 Å². The summed E-state index contributed by atoms with van der Waals surface area (Å²) in [5.74, 6) is 0.530. The van der Waals surface area contributed by atoms with Gasteiger partial charge in [0, 0.05) is 12.2 Å². The molecule has 2 aromatic rings. The minimum Gasteiger partial charge on any atom is -0.506 e. The molecule has 2 N–H and O–H groups in total. The number of nitrogens with zero attached hydrogens (tertiary/aromatic N) is 1. The van der Waals surface area contributed by atoms with Crippen LogP contribution >= 0.6 is 11.6 Å². The van der Waals surface area contributed by atoms with Crippen molar-refractivity contribution in [2.45, 2.75) is 50.0 Å². The van der Waals surface area contributed by atoms with Gasteiger partial charge in [-0.05, 0) is 61.6 Å². The number of aromatic hydroxyl groups is 1. The predicted molar refractivity (Wildman–Crippen MR) is 120 cm³/mol. The Labute approximate surface area is 187 Å². The van der Waals surface area contributed by atoms with Crippen molar-refractivity contribution >= 4 is 29.1 Å². The number of nitrogens with one attached hydrogen (secondary N) is 1. The molecule has 1 saturated heterocycles. The number of phenols is 1. The predicted octanol–water partition coefficient (Wildman–Crippen LogP) is 4.50. The third kappa shape index (κ3) is 4.09. The van der Waals surface area contributed by atoms with E-state index in [0.29, 0.717) is 18.7 Å². The lowest BCUT2D eigenvalue weighted by Gasteiger charge is -2.35. The van der Waals surface area contributed by atoms with Gasteiger partial charge in [-0.15, -0.1) is 0 Å². The Hall–Kier alpha value is -2.73. The van der Waals surface area contributed by atoms with Crippen molar-refractivity contribution in [1.82, 2.24) is 4.90 Å². The Morgan fingerprint density at radius 1 is 1.13 bits per heavy atom. The van der Waals surface area contributed by atoms with Gasteiger partial charge in [0.1, 0.15) is 17.5 Å². The van der Waals surface area contributed by atoms with E-state index in [0.717, 1.165) is 43.4 Å². The van der Waals surface area contributed by atoms with Crippen LogP contribution in [0.2, 0.25) is 5.02 Å². The Bertz CT molecular complexity index is 970. The van der Waals surface area contributed by atoms with Gasteiger partial charge in [-0.3, -0.25) is 9.59 Å². The number of methoxy groups -OCH3 is 1. The molecule has 7 heteroatoms. The number of hydrogen-bond donors (Lipinski definition) is 2. The smallest absolute Gasteiger partial charge is 0.247 e. The second-order valence-electron chi connectivity index (χ2n) is 8.33. The fraction of sp³-hybridized carbons (Fsp3) is 0.417. The van der Waals surface area contributed by atoms with Crippen LogP contribution in [-0.4, -0.2) is 41.5 Å². The zero-order valence-corrected chi connectivity index (χ0v) is 18.3. The first kappa shape index (κ1) is 21.5. The van der Waals surface area contributed by atoms with E-state index in [9.17, 15) is 14.7 Å². The zero-order valence-electron chi connectivity index (χ0n) is 17.6. The van der Waals surface area contributed by atoms with Crippen LogP contribution < -0.4 is 10.1 Å². The van der Waals surface area contributed by atoms with Crippen LogP contribution in [0.25, 0.3) is 0 Å². The van der Waals surface area contributed by atoms with Crippen molar-refractivity contribution in [2.24, 2.45) is 0 Å². The third-order valence-corrected chi connectivity index (χ3v) is 6.84. The summed E-state index contributed by atoms with van der Waals surface area (Å²) in [6.07, 6.45) is 4.98. The summed E-state index contributed by atoms with van der Waals surface area (Å²) in [5, 5.41) is 12.6. The van der Waals surface area contributed by atoms with Gasteiger partial charge >= 0.3 is 0 Å². The molecule has 1 aliphatic heterocycles. The molecule has 0 spiro atoms. The number of phenolic OH excluding ortho intramolecular Hbond substituents is 1. The summed E-state index contributed by atoms with van der Waals surface area (Å²) in [6, 6.07) is 11.8. The van der Waals surface area contributed by atoms with Crippen LogP contribution in [0.1, 0.15) is 44.1 Å². The largest absolute Gasteiger partial charge is 0.506 e. The van der Waals surface area contributed by atoms with Gasteiger partial charge in [-0.2, -0.15) is 0 Å². The van der Waals surface area contributed by atoms with Gasteiger partial charge in [0.2, 0.25) is 11.8 Å². The highest BCUT2D eigenvalue weighted by atomic mass is 35.5. The number of carbonyl (C=O) groups is 2. The normalized spacial score (nSPS) is 19.9. The first-order valence-electron chi connectivity index (χ1n) is 10.7. The first-order valence-corrected chi connectivity index (χ1v) is 11.1. The Morgan fingerprint density at radius 2 is 1.84 bits per heavy atom. The molecular weight excluding hydrogens is 416 g/mol. The van der Waals surface area contributed by atoms with E-state index >= 15 is 0 Å². The molecule has 1 aliphatic carbocycles. The van der Waals surface area contributed by atoms with Crippen molar-refractivity contribution in [2.75, 3.05) is 19.0 Å². The van der Waals surface area contributed by atoms with E-state index < -0.39 is 11.5 Å². The second kappa shape index (κ2) is 8.79. The van der Waals surface area contributed by atoms with Crippen LogP contribution in [0.3, 0.4) is 0 Å². The van der Waals surface area contributed by atoms with Crippen LogP contribution in [0.15, 0.2) is 42.5 Å². The number of benzene rings is 2. The van der Waals surface area contributed by atoms with Crippen LogP contribution in [0, 0.1) is 0 Å². The average Bonchev–Trinajstić information content (AvgIpc) is 3.46. The summed E-state index contributed by atoms with van der Waals surface area (Å²) >= 11 is 5.96. The maximum absolute atomic E-state index is 13.9. The summed E-state index contributed by atoms with van der Waals surface area (Å²) in [7, 11) is 1.63. The van der Waals surface area contributed by atoms with Crippen LogP contribution in [-0.2, 0) is 15.0 Å². The highest BCUT2D eigenvalue weighted by Gasteiger charge is 2.48. The fourth-order valence-corrected chi connectivity index (χ4v) is 5.06. The molecule has 1 saturated carbocycles. The Kier molecular flexibility index (Phi) is 6.10. The number of anilines is 1. The van der Waals surface area contributed by atoms with Gasteiger partial charge in [-0.25, -0.2) is 0 Å². The maximum atomic E-state index is 13.9. The van der Waals surface area contributed by atoms with Crippen molar-refractivity contribution in [3.8, 4) is 11.5 Å². The number of halogens is 1. The Balaban J connectivity index is 1.56. The molecule has 1 heterocycles. The number of carbonyl (C=O) groups excluding carboxylic acids is 2. The molecule has 31 heavy (non-hydrogen) atoms. The molecule has 2 fully saturated rings. The molecule has 0 bridgehead atoms. The van der Waals surface area contributed by atoms with Gasteiger partial charge < -0.3 is 20.1 Å². The van der Waals surface area contributed by atoms with Gasteiger partial charge in [0.25, 0.3) is 0 Å². The molecule has 2 amide bonds. The molecular formula is C24H27ClN2O4. The van der Waals surface area contributed by atoms with E-state index in [1.807, 2.05) is 24.3 Å².